The van der Waals surface area contributed by atoms with Crippen molar-refractivity contribution >= 4 is 0 Å². The Morgan fingerprint density at radius 2 is 1.93 bits per heavy atom. The number of rotatable bonds is 4. The van der Waals surface area contributed by atoms with E-state index in [0.717, 1.165) is 5.56 Å². The topological polar surface area (TPSA) is 23.5 Å². The highest BCUT2D eigenvalue weighted by molar-refractivity contribution is 5.21. The van der Waals surface area contributed by atoms with E-state index in [1.165, 1.54) is 12.8 Å². The van der Waals surface area contributed by atoms with E-state index in [2.05, 4.69) is 11.9 Å². The van der Waals surface area contributed by atoms with Gasteiger partial charge in [0.05, 0.1) is 5.60 Å². The molecule has 0 bridgehead atoms. The van der Waals surface area contributed by atoms with Gasteiger partial charge in [-0.1, -0.05) is 30.3 Å². The van der Waals surface area contributed by atoms with Crippen LogP contribution in [0.3, 0.4) is 0 Å². The Bertz CT molecular complexity index is 317. The van der Waals surface area contributed by atoms with Gasteiger partial charge in [0, 0.05) is 12.6 Å². The van der Waals surface area contributed by atoms with E-state index >= 15 is 0 Å². The molecule has 2 heteroatoms. The van der Waals surface area contributed by atoms with Crippen LogP contribution >= 0.6 is 0 Å². The molecule has 0 saturated heterocycles. The molecule has 0 spiro atoms. The predicted molar refractivity (Wildman–Crippen MR) is 61.7 cm³/mol. The lowest BCUT2D eigenvalue weighted by Gasteiger charge is -2.29. The molecule has 1 aliphatic rings. The number of benzene rings is 1. The van der Waals surface area contributed by atoms with Crippen molar-refractivity contribution in [1.82, 2.24) is 4.90 Å². The molecule has 1 N–H and O–H groups in total. The molecule has 0 radical (unpaired) electrons. The van der Waals surface area contributed by atoms with Gasteiger partial charge in [0.2, 0.25) is 0 Å². The molecular formula is C13H19NO. The van der Waals surface area contributed by atoms with Crippen molar-refractivity contribution in [3.8, 4) is 0 Å². The monoisotopic (exact) mass is 205 g/mol. The number of aliphatic hydroxyl groups is 1. The Labute approximate surface area is 91.5 Å². The average Bonchev–Trinajstić information content (AvgIpc) is 3.01. The van der Waals surface area contributed by atoms with Crippen molar-refractivity contribution in [2.24, 2.45) is 0 Å². The first-order valence-electron chi connectivity index (χ1n) is 5.58. The SMILES string of the molecule is CN(CC(C)(O)c1ccccc1)C1CC1. The minimum Gasteiger partial charge on any atom is -0.384 e. The summed E-state index contributed by atoms with van der Waals surface area (Å²) in [6, 6.07) is 10.6. The summed E-state index contributed by atoms with van der Waals surface area (Å²) < 4.78 is 0. The maximum atomic E-state index is 10.4. The number of hydrogen-bond acceptors (Lipinski definition) is 2. The molecule has 2 nitrogen and oxygen atoms in total. The van der Waals surface area contributed by atoms with Gasteiger partial charge < -0.3 is 10.0 Å². The van der Waals surface area contributed by atoms with Gasteiger partial charge >= 0.3 is 0 Å². The van der Waals surface area contributed by atoms with E-state index in [-0.39, 0.29) is 0 Å². The Kier molecular flexibility index (Phi) is 2.81. The smallest absolute Gasteiger partial charge is 0.0994 e. The summed E-state index contributed by atoms with van der Waals surface area (Å²) in [5.74, 6) is 0. The van der Waals surface area contributed by atoms with Crippen LogP contribution < -0.4 is 0 Å². The molecule has 1 unspecified atom stereocenters. The van der Waals surface area contributed by atoms with Gasteiger partial charge in [-0.15, -0.1) is 0 Å². The first-order chi connectivity index (χ1) is 7.09. The van der Waals surface area contributed by atoms with Gasteiger partial charge in [-0.3, -0.25) is 0 Å². The summed E-state index contributed by atoms with van der Waals surface area (Å²) in [7, 11) is 2.09. The van der Waals surface area contributed by atoms with Crippen molar-refractivity contribution in [2.45, 2.75) is 31.4 Å². The summed E-state index contributed by atoms with van der Waals surface area (Å²) in [4.78, 5) is 2.26. The average molecular weight is 205 g/mol. The van der Waals surface area contributed by atoms with Crippen LogP contribution in [0.4, 0.5) is 0 Å². The van der Waals surface area contributed by atoms with Gasteiger partial charge in [0.15, 0.2) is 0 Å². The number of nitrogens with zero attached hydrogens (tertiary/aromatic N) is 1. The summed E-state index contributed by atoms with van der Waals surface area (Å²) in [5, 5.41) is 10.4. The van der Waals surface area contributed by atoms with Gasteiger partial charge in [0.1, 0.15) is 0 Å². The molecule has 0 aromatic heterocycles. The molecule has 82 valence electrons. The lowest BCUT2D eigenvalue weighted by molar-refractivity contribution is 0.0212. The molecular weight excluding hydrogens is 186 g/mol. The molecule has 1 aromatic carbocycles. The van der Waals surface area contributed by atoms with Crippen LogP contribution in [-0.2, 0) is 5.60 Å². The highest BCUT2D eigenvalue weighted by Crippen LogP contribution is 2.29. The van der Waals surface area contributed by atoms with Crippen LogP contribution in [0, 0.1) is 0 Å². The second-order valence-electron chi connectivity index (χ2n) is 4.79. The molecule has 1 aromatic rings. The fraction of sp³-hybridized carbons (Fsp3) is 0.538. The third kappa shape index (κ3) is 2.58. The van der Waals surface area contributed by atoms with E-state index in [0.29, 0.717) is 12.6 Å². The van der Waals surface area contributed by atoms with Gasteiger partial charge in [0.25, 0.3) is 0 Å². The van der Waals surface area contributed by atoms with Crippen LogP contribution in [-0.4, -0.2) is 29.6 Å². The molecule has 2 rings (SSSR count). The lowest BCUT2D eigenvalue weighted by Crippen LogP contribution is -2.37. The summed E-state index contributed by atoms with van der Waals surface area (Å²) in [5.41, 5.74) is 0.260. The molecule has 15 heavy (non-hydrogen) atoms. The Morgan fingerprint density at radius 3 is 2.47 bits per heavy atom. The second-order valence-corrected chi connectivity index (χ2v) is 4.79. The molecule has 1 atom stereocenters. The third-order valence-corrected chi connectivity index (χ3v) is 3.12. The Balaban J connectivity index is 2.05. The van der Waals surface area contributed by atoms with E-state index in [1.54, 1.807) is 0 Å². The fourth-order valence-electron chi connectivity index (χ4n) is 2.02. The number of likely N-dealkylation sites (N-methyl/N-ethyl adjacent to an activating group) is 1. The third-order valence-electron chi connectivity index (χ3n) is 3.12. The second kappa shape index (κ2) is 3.95. The van der Waals surface area contributed by atoms with Crippen molar-refractivity contribution in [1.29, 1.82) is 0 Å². The first-order valence-corrected chi connectivity index (χ1v) is 5.58. The maximum absolute atomic E-state index is 10.4. The summed E-state index contributed by atoms with van der Waals surface area (Å²) in [6.45, 7) is 2.60. The van der Waals surface area contributed by atoms with Crippen LogP contribution in [0.5, 0.6) is 0 Å². The highest BCUT2D eigenvalue weighted by atomic mass is 16.3. The van der Waals surface area contributed by atoms with Crippen LogP contribution in [0.15, 0.2) is 30.3 Å². The van der Waals surface area contributed by atoms with Crippen molar-refractivity contribution < 1.29 is 5.11 Å². The summed E-state index contributed by atoms with van der Waals surface area (Å²) >= 11 is 0. The molecule has 0 amide bonds. The van der Waals surface area contributed by atoms with Crippen LogP contribution in [0.2, 0.25) is 0 Å². The maximum Gasteiger partial charge on any atom is 0.0994 e. The van der Waals surface area contributed by atoms with Gasteiger partial charge in [-0.2, -0.15) is 0 Å². The van der Waals surface area contributed by atoms with E-state index in [9.17, 15) is 5.11 Å². The van der Waals surface area contributed by atoms with Crippen molar-refractivity contribution in [2.75, 3.05) is 13.6 Å². The molecule has 1 saturated carbocycles. The zero-order chi connectivity index (χ0) is 10.9. The molecule has 0 aliphatic heterocycles. The molecule has 1 aliphatic carbocycles. The van der Waals surface area contributed by atoms with Crippen LogP contribution in [0.1, 0.15) is 25.3 Å². The number of hydrogen-bond donors (Lipinski definition) is 1. The zero-order valence-corrected chi connectivity index (χ0v) is 9.48. The van der Waals surface area contributed by atoms with Gasteiger partial charge in [-0.25, -0.2) is 0 Å². The van der Waals surface area contributed by atoms with E-state index in [4.69, 9.17) is 0 Å². The predicted octanol–water partition coefficient (Wildman–Crippen LogP) is 1.99. The van der Waals surface area contributed by atoms with Crippen LogP contribution in [0.25, 0.3) is 0 Å². The standard InChI is InChI=1S/C13H19NO/c1-13(15,10-14(2)12-8-9-12)11-6-4-3-5-7-11/h3-7,12,15H,8-10H2,1-2H3. The quantitative estimate of drug-likeness (QED) is 0.812. The van der Waals surface area contributed by atoms with Crippen molar-refractivity contribution in [3.63, 3.8) is 0 Å². The zero-order valence-electron chi connectivity index (χ0n) is 9.48. The normalized spacial score (nSPS) is 20.3. The fourth-order valence-corrected chi connectivity index (χ4v) is 2.02. The first kappa shape index (κ1) is 10.7. The molecule has 0 heterocycles. The minimum absolute atomic E-state index is 0.695. The van der Waals surface area contributed by atoms with Gasteiger partial charge in [-0.05, 0) is 32.4 Å². The summed E-state index contributed by atoms with van der Waals surface area (Å²) in [6.07, 6.45) is 2.56. The largest absolute Gasteiger partial charge is 0.384 e. The minimum atomic E-state index is -0.737. The highest BCUT2D eigenvalue weighted by Gasteiger charge is 2.32. The Hall–Kier alpha value is -0.860. The van der Waals surface area contributed by atoms with E-state index in [1.807, 2.05) is 37.3 Å². The van der Waals surface area contributed by atoms with Crippen molar-refractivity contribution in [3.05, 3.63) is 35.9 Å². The Morgan fingerprint density at radius 1 is 1.33 bits per heavy atom. The lowest BCUT2D eigenvalue weighted by atomic mass is 9.95. The van der Waals surface area contributed by atoms with E-state index < -0.39 is 5.60 Å². The molecule has 1 fully saturated rings.